The van der Waals surface area contributed by atoms with Crippen molar-refractivity contribution in [2.75, 3.05) is 21.3 Å². The average Bonchev–Trinajstić information content (AvgIpc) is 3.28. The van der Waals surface area contributed by atoms with Gasteiger partial charge in [-0.1, -0.05) is 24.3 Å². The van der Waals surface area contributed by atoms with Crippen molar-refractivity contribution in [2.24, 2.45) is 4.99 Å². The molecule has 1 aromatic heterocycles. The highest BCUT2D eigenvalue weighted by Gasteiger charge is 2.12. The number of benzene rings is 2. The SMILES string of the molecule is C=CCc1cc(CNC(=NC)NCc2coc(-c3ccccc3)n2)cc(OC)c1OC.I. The van der Waals surface area contributed by atoms with E-state index in [1.54, 1.807) is 27.5 Å². The second-order valence-corrected chi connectivity index (χ2v) is 6.77. The molecule has 0 saturated heterocycles. The zero-order valence-corrected chi connectivity index (χ0v) is 20.9. The van der Waals surface area contributed by atoms with E-state index in [4.69, 9.17) is 13.9 Å². The maximum absolute atomic E-state index is 5.58. The third kappa shape index (κ3) is 6.49. The fourth-order valence-corrected chi connectivity index (χ4v) is 3.20. The van der Waals surface area contributed by atoms with Crippen molar-refractivity contribution in [1.82, 2.24) is 15.6 Å². The van der Waals surface area contributed by atoms with E-state index >= 15 is 0 Å². The maximum atomic E-state index is 5.58. The lowest BCUT2D eigenvalue weighted by Crippen LogP contribution is -2.36. The molecule has 0 radical (unpaired) electrons. The first-order valence-corrected chi connectivity index (χ1v) is 9.97. The lowest BCUT2D eigenvalue weighted by molar-refractivity contribution is 0.352. The fraction of sp³-hybridized carbons (Fsp3) is 0.250. The van der Waals surface area contributed by atoms with Crippen molar-refractivity contribution < 1.29 is 13.9 Å². The van der Waals surface area contributed by atoms with Gasteiger partial charge in [0.05, 0.1) is 26.5 Å². The number of aromatic nitrogens is 1. The number of halogens is 1. The van der Waals surface area contributed by atoms with Crippen LogP contribution in [0.25, 0.3) is 11.5 Å². The number of nitrogens with zero attached hydrogens (tertiary/aromatic N) is 2. The third-order valence-corrected chi connectivity index (χ3v) is 4.67. The van der Waals surface area contributed by atoms with Crippen LogP contribution in [0.1, 0.15) is 16.8 Å². The molecule has 7 nitrogen and oxygen atoms in total. The molecule has 0 aliphatic carbocycles. The minimum atomic E-state index is 0. The molecule has 1 heterocycles. The highest BCUT2D eigenvalue weighted by molar-refractivity contribution is 14.0. The molecule has 2 N–H and O–H groups in total. The number of ether oxygens (including phenoxy) is 2. The van der Waals surface area contributed by atoms with Gasteiger partial charge in [0.15, 0.2) is 17.5 Å². The summed E-state index contributed by atoms with van der Waals surface area (Å²) in [5.41, 5.74) is 3.80. The predicted octanol–water partition coefficient (Wildman–Crippen LogP) is 4.57. The highest BCUT2D eigenvalue weighted by Crippen LogP contribution is 2.33. The topological polar surface area (TPSA) is 80.9 Å². The predicted molar refractivity (Wildman–Crippen MR) is 138 cm³/mol. The van der Waals surface area contributed by atoms with Crippen LogP contribution in [-0.4, -0.2) is 32.2 Å². The second kappa shape index (κ2) is 12.7. The third-order valence-electron chi connectivity index (χ3n) is 4.67. The van der Waals surface area contributed by atoms with E-state index in [1.165, 1.54) is 0 Å². The van der Waals surface area contributed by atoms with Gasteiger partial charge in [-0.2, -0.15) is 0 Å². The maximum Gasteiger partial charge on any atom is 0.226 e. The van der Waals surface area contributed by atoms with Gasteiger partial charge in [0.25, 0.3) is 0 Å². The van der Waals surface area contributed by atoms with Gasteiger partial charge in [0.1, 0.15) is 6.26 Å². The van der Waals surface area contributed by atoms with Crippen LogP contribution < -0.4 is 20.1 Å². The summed E-state index contributed by atoms with van der Waals surface area (Å²) < 4.78 is 16.6. The zero-order valence-electron chi connectivity index (χ0n) is 18.6. The zero-order chi connectivity index (χ0) is 22.1. The molecule has 0 amide bonds. The van der Waals surface area contributed by atoms with E-state index in [1.807, 2.05) is 42.5 Å². The van der Waals surface area contributed by atoms with Crippen LogP contribution in [0.5, 0.6) is 11.5 Å². The van der Waals surface area contributed by atoms with Crippen LogP contribution in [0, 0.1) is 0 Å². The standard InChI is InChI=1S/C24H28N4O3.HI/c1-5-9-19-12-17(13-21(29-3)22(19)30-4)14-26-24(25-2)27-15-20-16-31-23(28-20)18-10-7-6-8-11-18;/h5-8,10-13,16H,1,9,14-15H2,2-4H3,(H2,25,26,27);1H. The van der Waals surface area contributed by atoms with Crippen molar-refractivity contribution in [1.29, 1.82) is 0 Å². The number of rotatable bonds is 9. The highest BCUT2D eigenvalue weighted by atomic mass is 127. The quantitative estimate of drug-likeness (QED) is 0.177. The largest absolute Gasteiger partial charge is 0.493 e. The monoisotopic (exact) mass is 548 g/mol. The molecule has 3 aromatic rings. The van der Waals surface area contributed by atoms with Crippen LogP contribution in [0.2, 0.25) is 0 Å². The van der Waals surface area contributed by atoms with Gasteiger partial charge in [-0.15, -0.1) is 30.6 Å². The minimum absolute atomic E-state index is 0. The summed E-state index contributed by atoms with van der Waals surface area (Å²) in [4.78, 5) is 8.81. The number of hydrogen-bond donors (Lipinski definition) is 2. The molecular weight excluding hydrogens is 519 g/mol. The van der Waals surface area contributed by atoms with Gasteiger partial charge in [0, 0.05) is 24.7 Å². The molecule has 8 heteroatoms. The molecule has 2 aromatic carbocycles. The molecule has 0 saturated carbocycles. The van der Waals surface area contributed by atoms with E-state index in [0.29, 0.717) is 37.1 Å². The molecule has 0 atom stereocenters. The van der Waals surface area contributed by atoms with Gasteiger partial charge >= 0.3 is 0 Å². The Balaban J connectivity index is 0.00000363. The second-order valence-electron chi connectivity index (χ2n) is 6.77. The summed E-state index contributed by atoms with van der Waals surface area (Å²) in [5.74, 6) is 2.68. The Labute approximate surface area is 206 Å². The molecule has 0 spiro atoms. The molecule has 0 fully saturated rings. The normalized spacial score (nSPS) is 10.8. The number of hydrogen-bond acceptors (Lipinski definition) is 5. The summed E-state index contributed by atoms with van der Waals surface area (Å²) in [6, 6.07) is 13.8. The van der Waals surface area contributed by atoms with Gasteiger partial charge in [-0.05, 0) is 36.2 Å². The lowest BCUT2D eigenvalue weighted by Gasteiger charge is -2.16. The Hall–Kier alpha value is -3.01. The van der Waals surface area contributed by atoms with Crippen molar-refractivity contribution in [3.05, 3.63) is 78.2 Å². The number of nitrogens with one attached hydrogen (secondary N) is 2. The molecule has 0 aliphatic heterocycles. The molecule has 0 bridgehead atoms. The van der Waals surface area contributed by atoms with E-state index in [9.17, 15) is 0 Å². The lowest BCUT2D eigenvalue weighted by atomic mass is 10.1. The van der Waals surface area contributed by atoms with Crippen LogP contribution in [0.3, 0.4) is 0 Å². The van der Waals surface area contributed by atoms with Crippen LogP contribution in [0.15, 0.2) is 70.8 Å². The van der Waals surface area contributed by atoms with E-state index < -0.39 is 0 Å². The van der Waals surface area contributed by atoms with Crippen LogP contribution in [-0.2, 0) is 19.5 Å². The first-order chi connectivity index (χ1) is 15.2. The number of guanidine groups is 1. The number of oxazole rings is 1. The van der Waals surface area contributed by atoms with Gasteiger partial charge in [0.2, 0.25) is 5.89 Å². The number of allylic oxidation sites excluding steroid dienone is 1. The van der Waals surface area contributed by atoms with Crippen LogP contribution in [0.4, 0.5) is 0 Å². The van der Waals surface area contributed by atoms with Crippen molar-refractivity contribution in [2.45, 2.75) is 19.5 Å². The Morgan fingerprint density at radius 1 is 1.12 bits per heavy atom. The van der Waals surface area contributed by atoms with Gasteiger partial charge in [-0.3, -0.25) is 4.99 Å². The summed E-state index contributed by atoms with van der Waals surface area (Å²) in [6.45, 7) is 4.88. The van der Waals surface area contributed by atoms with Crippen molar-refractivity contribution in [3.8, 4) is 23.0 Å². The van der Waals surface area contributed by atoms with E-state index in [-0.39, 0.29) is 24.0 Å². The summed E-state index contributed by atoms with van der Waals surface area (Å²) in [5, 5.41) is 6.57. The first kappa shape index (κ1) is 25.3. The van der Waals surface area contributed by atoms with Crippen LogP contribution >= 0.6 is 24.0 Å². The van der Waals surface area contributed by atoms with E-state index in [2.05, 4.69) is 33.3 Å². The molecule has 0 aliphatic rings. The number of aliphatic imine (C=N–C) groups is 1. The first-order valence-electron chi connectivity index (χ1n) is 9.97. The Morgan fingerprint density at radius 3 is 2.53 bits per heavy atom. The Bertz CT molecular complexity index is 1030. The summed E-state index contributed by atoms with van der Waals surface area (Å²) in [7, 11) is 5.00. The summed E-state index contributed by atoms with van der Waals surface area (Å²) >= 11 is 0. The molecule has 32 heavy (non-hydrogen) atoms. The van der Waals surface area contributed by atoms with Gasteiger partial charge in [-0.25, -0.2) is 4.98 Å². The minimum Gasteiger partial charge on any atom is -0.493 e. The van der Waals surface area contributed by atoms with Crippen molar-refractivity contribution >= 4 is 29.9 Å². The molecule has 0 unspecified atom stereocenters. The Kier molecular flexibility index (Phi) is 10.1. The number of methoxy groups -OCH3 is 2. The van der Waals surface area contributed by atoms with Crippen molar-refractivity contribution in [3.63, 3.8) is 0 Å². The molecule has 3 rings (SSSR count). The molecule has 170 valence electrons. The average molecular weight is 548 g/mol. The molecular formula is C24H29IN4O3. The summed E-state index contributed by atoms with van der Waals surface area (Å²) in [6.07, 6.45) is 4.19. The fourth-order valence-electron chi connectivity index (χ4n) is 3.20. The Morgan fingerprint density at radius 2 is 1.88 bits per heavy atom. The van der Waals surface area contributed by atoms with E-state index in [0.717, 1.165) is 28.1 Å². The van der Waals surface area contributed by atoms with Gasteiger partial charge < -0.3 is 24.5 Å². The smallest absolute Gasteiger partial charge is 0.226 e.